The van der Waals surface area contributed by atoms with Crippen LogP contribution in [0.1, 0.15) is 12.0 Å². The minimum absolute atomic E-state index is 0.110. The summed E-state index contributed by atoms with van der Waals surface area (Å²) in [6.45, 7) is 3.32. The van der Waals surface area contributed by atoms with Crippen LogP contribution >= 0.6 is 0 Å². The topological polar surface area (TPSA) is 73.5 Å². The second-order valence-electron chi connectivity index (χ2n) is 6.55. The molecule has 3 aliphatic rings. The molecule has 3 heterocycles. The van der Waals surface area contributed by atoms with E-state index in [1.54, 1.807) is 4.90 Å². The molecule has 0 unspecified atom stereocenters. The van der Waals surface area contributed by atoms with Crippen LogP contribution in [0.5, 0.6) is 0 Å². The number of amides is 3. The van der Waals surface area contributed by atoms with E-state index in [1.165, 1.54) is 12.1 Å². The monoisotopic (exact) mass is 318 g/mol. The summed E-state index contributed by atoms with van der Waals surface area (Å²) in [5.41, 5.74) is 1.59. The summed E-state index contributed by atoms with van der Waals surface area (Å²) >= 11 is 0. The van der Waals surface area contributed by atoms with Crippen LogP contribution in [0.15, 0.2) is 12.1 Å². The van der Waals surface area contributed by atoms with Gasteiger partial charge >= 0.3 is 6.03 Å². The zero-order valence-electron chi connectivity index (χ0n) is 12.7. The molecule has 0 bridgehead atoms. The van der Waals surface area contributed by atoms with Crippen molar-refractivity contribution in [2.45, 2.75) is 12.8 Å². The van der Waals surface area contributed by atoms with Crippen molar-refractivity contribution in [1.29, 1.82) is 0 Å². The van der Waals surface area contributed by atoms with Gasteiger partial charge in [0.25, 0.3) is 0 Å². The molecule has 2 atom stereocenters. The van der Waals surface area contributed by atoms with Crippen molar-refractivity contribution in [1.82, 2.24) is 10.2 Å². The van der Waals surface area contributed by atoms with E-state index in [0.717, 1.165) is 18.7 Å². The van der Waals surface area contributed by atoms with Gasteiger partial charge < -0.3 is 20.9 Å². The van der Waals surface area contributed by atoms with E-state index in [9.17, 15) is 14.0 Å². The molecule has 3 N–H and O–H groups in total. The number of anilines is 2. The van der Waals surface area contributed by atoms with E-state index in [0.29, 0.717) is 49.1 Å². The van der Waals surface area contributed by atoms with E-state index < -0.39 is 5.82 Å². The fourth-order valence-electron chi connectivity index (χ4n) is 3.77. The smallest absolute Gasteiger partial charge is 0.321 e. The highest BCUT2D eigenvalue weighted by Crippen LogP contribution is 2.33. The average molecular weight is 318 g/mol. The Bertz CT molecular complexity index is 666. The van der Waals surface area contributed by atoms with Crippen molar-refractivity contribution in [2.24, 2.45) is 11.8 Å². The van der Waals surface area contributed by atoms with Crippen molar-refractivity contribution in [2.75, 3.05) is 36.8 Å². The number of rotatable bonds is 1. The molecule has 122 valence electrons. The molecule has 6 nitrogen and oxygen atoms in total. The highest BCUT2D eigenvalue weighted by Gasteiger charge is 2.38. The lowest BCUT2D eigenvalue weighted by molar-refractivity contribution is -0.116. The van der Waals surface area contributed by atoms with Gasteiger partial charge in [0.2, 0.25) is 5.91 Å². The molecule has 7 heteroatoms. The minimum Gasteiger partial charge on any atom is -0.324 e. The number of carbonyl (C=O) groups excluding carboxylic acids is 2. The number of urea groups is 1. The Kier molecular flexibility index (Phi) is 3.45. The predicted octanol–water partition coefficient (Wildman–Crippen LogP) is 1.39. The van der Waals surface area contributed by atoms with Gasteiger partial charge in [0.05, 0.1) is 11.4 Å². The zero-order valence-corrected chi connectivity index (χ0v) is 12.7. The van der Waals surface area contributed by atoms with Crippen LogP contribution in [0.3, 0.4) is 0 Å². The van der Waals surface area contributed by atoms with Crippen molar-refractivity contribution >= 4 is 23.3 Å². The highest BCUT2D eigenvalue weighted by atomic mass is 19.1. The van der Waals surface area contributed by atoms with Gasteiger partial charge in [0.15, 0.2) is 0 Å². The molecule has 3 aliphatic heterocycles. The molecule has 23 heavy (non-hydrogen) atoms. The van der Waals surface area contributed by atoms with E-state index >= 15 is 0 Å². The number of carbonyl (C=O) groups is 2. The van der Waals surface area contributed by atoms with Gasteiger partial charge in [-0.15, -0.1) is 0 Å². The van der Waals surface area contributed by atoms with Crippen molar-refractivity contribution in [3.8, 4) is 0 Å². The molecule has 0 saturated carbocycles. The van der Waals surface area contributed by atoms with Crippen LogP contribution in [0.2, 0.25) is 0 Å². The second-order valence-corrected chi connectivity index (χ2v) is 6.55. The lowest BCUT2D eigenvalue weighted by Crippen LogP contribution is -2.35. The number of fused-ring (bicyclic) bond motifs is 2. The average Bonchev–Trinajstić information content (AvgIpc) is 3.09. The van der Waals surface area contributed by atoms with E-state index in [4.69, 9.17) is 0 Å². The molecule has 0 radical (unpaired) electrons. The molecule has 3 amide bonds. The third-order valence-corrected chi connectivity index (χ3v) is 4.99. The van der Waals surface area contributed by atoms with Crippen molar-refractivity contribution in [3.63, 3.8) is 0 Å². The predicted molar refractivity (Wildman–Crippen MR) is 83.8 cm³/mol. The van der Waals surface area contributed by atoms with Crippen LogP contribution in [0, 0.1) is 17.7 Å². The first-order valence-electron chi connectivity index (χ1n) is 7.99. The summed E-state index contributed by atoms with van der Waals surface area (Å²) in [5, 5.41) is 8.85. The molecule has 4 rings (SSSR count). The SMILES string of the molecule is O=C1CCc2cc(F)cc(NC(=O)N3C[C@H]4CNC[C@H]4C3)c2N1. The number of benzene rings is 1. The molecular formula is C16H19FN4O2. The van der Waals surface area contributed by atoms with Crippen LogP contribution in [0.4, 0.5) is 20.6 Å². The minimum atomic E-state index is -0.405. The van der Waals surface area contributed by atoms with Crippen LogP contribution in [-0.2, 0) is 11.2 Å². The Morgan fingerprint density at radius 1 is 1.22 bits per heavy atom. The van der Waals surface area contributed by atoms with E-state index in [-0.39, 0.29) is 11.9 Å². The number of hydrogen-bond donors (Lipinski definition) is 3. The van der Waals surface area contributed by atoms with Crippen LogP contribution < -0.4 is 16.0 Å². The Morgan fingerprint density at radius 2 is 1.96 bits per heavy atom. The van der Waals surface area contributed by atoms with Crippen molar-refractivity contribution in [3.05, 3.63) is 23.5 Å². The Morgan fingerprint density at radius 3 is 2.70 bits per heavy atom. The van der Waals surface area contributed by atoms with Crippen LogP contribution in [0.25, 0.3) is 0 Å². The fourth-order valence-corrected chi connectivity index (χ4v) is 3.77. The Balaban J connectivity index is 1.53. The molecule has 0 aromatic heterocycles. The number of aryl methyl sites for hydroxylation is 1. The normalized spacial score (nSPS) is 25.8. The Labute approximate surface area is 133 Å². The van der Waals surface area contributed by atoms with Gasteiger partial charge in [0.1, 0.15) is 5.82 Å². The number of nitrogens with one attached hydrogen (secondary N) is 3. The summed E-state index contributed by atoms with van der Waals surface area (Å²) in [5.74, 6) is 0.489. The van der Waals surface area contributed by atoms with Crippen molar-refractivity contribution < 1.29 is 14.0 Å². The van der Waals surface area contributed by atoms with Gasteiger partial charge in [-0.05, 0) is 36.0 Å². The number of halogens is 1. The highest BCUT2D eigenvalue weighted by molar-refractivity contribution is 6.01. The Hall–Kier alpha value is -2.15. The number of nitrogens with zero attached hydrogens (tertiary/aromatic N) is 1. The fraction of sp³-hybridized carbons (Fsp3) is 0.500. The largest absolute Gasteiger partial charge is 0.324 e. The lowest BCUT2D eigenvalue weighted by Gasteiger charge is -2.23. The molecular weight excluding hydrogens is 299 g/mol. The third kappa shape index (κ3) is 2.65. The van der Waals surface area contributed by atoms with E-state index in [1.807, 2.05) is 0 Å². The van der Waals surface area contributed by atoms with Gasteiger partial charge in [-0.2, -0.15) is 0 Å². The van der Waals surface area contributed by atoms with Gasteiger partial charge in [-0.1, -0.05) is 0 Å². The number of likely N-dealkylation sites (tertiary alicyclic amines) is 1. The molecule has 2 fully saturated rings. The molecule has 2 saturated heterocycles. The van der Waals surface area contributed by atoms with Crippen LogP contribution in [-0.4, -0.2) is 43.0 Å². The number of hydrogen-bond acceptors (Lipinski definition) is 3. The summed E-state index contributed by atoms with van der Waals surface area (Å²) in [4.78, 5) is 25.9. The summed E-state index contributed by atoms with van der Waals surface area (Å²) in [6.07, 6.45) is 0.827. The zero-order chi connectivity index (χ0) is 16.0. The lowest BCUT2D eigenvalue weighted by atomic mass is 10.0. The maximum Gasteiger partial charge on any atom is 0.321 e. The summed E-state index contributed by atoms with van der Waals surface area (Å²) in [6, 6.07) is 2.45. The summed E-state index contributed by atoms with van der Waals surface area (Å²) in [7, 11) is 0. The third-order valence-electron chi connectivity index (χ3n) is 4.99. The van der Waals surface area contributed by atoms with Gasteiger partial charge in [-0.3, -0.25) is 4.79 Å². The molecule has 1 aromatic carbocycles. The maximum absolute atomic E-state index is 13.8. The first-order valence-corrected chi connectivity index (χ1v) is 7.99. The summed E-state index contributed by atoms with van der Waals surface area (Å²) < 4.78 is 13.8. The van der Waals surface area contributed by atoms with Gasteiger partial charge in [0, 0.05) is 32.6 Å². The molecule has 0 aliphatic carbocycles. The standard InChI is InChI=1S/C16H19FN4O2/c17-12-3-9-1-2-14(22)20-15(9)13(4-12)19-16(23)21-7-10-5-18-6-11(10)8-21/h3-4,10-11,18H,1-2,5-8H2,(H,19,23)(H,20,22)/t10-,11+. The second kappa shape index (κ2) is 5.49. The van der Waals surface area contributed by atoms with E-state index in [2.05, 4.69) is 16.0 Å². The van der Waals surface area contributed by atoms with Gasteiger partial charge in [-0.25, -0.2) is 9.18 Å². The molecule has 0 spiro atoms. The molecule has 1 aromatic rings. The first kappa shape index (κ1) is 14.4. The quantitative estimate of drug-likeness (QED) is 0.733. The maximum atomic E-state index is 13.8. The first-order chi connectivity index (χ1) is 11.1.